The second-order valence-electron chi connectivity index (χ2n) is 1.91. The second-order valence-corrected chi connectivity index (χ2v) is 1.91. The van der Waals surface area contributed by atoms with Gasteiger partial charge in [0.1, 0.15) is 5.71 Å². The first-order valence-corrected chi connectivity index (χ1v) is 4.35. The molecule has 1 rings (SSSR count). The van der Waals surface area contributed by atoms with Crippen molar-refractivity contribution in [2.45, 2.75) is 13.8 Å². The molecule has 0 aliphatic rings. The summed E-state index contributed by atoms with van der Waals surface area (Å²) < 4.78 is 0. The summed E-state index contributed by atoms with van der Waals surface area (Å²) in [6.45, 7) is 7.43. The number of hydrogen-bond donors (Lipinski definition) is 1. The quantitative estimate of drug-likeness (QED) is 0.742. The van der Waals surface area contributed by atoms with Gasteiger partial charge in [0.25, 0.3) is 0 Å². The van der Waals surface area contributed by atoms with Crippen LogP contribution in [0.5, 0.6) is 0 Å². The lowest BCUT2D eigenvalue weighted by Gasteiger charge is -1.94. The molecule has 4 heteroatoms. The van der Waals surface area contributed by atoms with Crippen LogP contribution >= 0.6 is 0 Å². The third-order valence-corrected chi connectivity index (χ3v) is 1.16. The van der Waals surface area contributed by atoms with Crippen LogP contribution < -0.4 is 0 Å². The fourth-order valence-corrected chi connectivity index (χ4v) is 0.689. The maximum Gasteiger partial charge on any atom is 0.179 e. The van der Waals surface area contributed by atoms with Crippen molar-refractivity contribution in [1.82, 2.24) is 9.97 Å². The van der Waals surface area contributed by atoms with E-state index < -0.39 is 0 Å². The van der Waals surface area contributed by atoms with Crippen molar-refractivity contribution >= 4 is 11.9 Å². The Balaban J connectivity index is 0.000000791. The van der Waals surface area contributed by atoms with Crippen molar-refractivity contribution < 1.29 is 0 Å². The second kappa shape index (κ2) is 7.79. The number of aromatic nitrogens is 2. The highest BCUT2D eigenvalue weighted by molar-refractivity contribution is 6.36. The van der Waals surface area contributed by atoms with E-state index in [4.69, 9.17) is 5.41 Å². The Morgan fingerprint density at radius 3 is 2.43 bits per heavy atom. The van der Waals surface area contributed by atoms with E-state index >= 15 is 0 Å². The lowest BCUT2D eigenvalue weighted by molar-refractivity contribution is 1.14. The molecule has 0 radical (unpaired) electrons. The maximum atomic E-state index is 7.02. The number of nitrogens with one attached hydrogen (secondary N) is 1. The van der Waals surface area contributed by atoms with Gasteiger partial charge in [-0.2, -0.15) is 0 Å². The minimum Gasteiger partial charge on any atom is -0.306 e. The summed E-state index contributed by atoms with van der Waals surface area (Å²) in [6, 6.07) is 1.71. The van der Waals surface area contributed by atoms with Gasteiger partial charge in [-0.25, -0.2) is 9.97 Å². The Bertz CT molecular complexity index is 303. The van der Waals surface area contributed by atoms with E-state index in [1.165, 1.54) is 6.20 Å². The number of hydrogen-bond acceptors (Lipinski definition) is 4. The van der Waals surface area contributed by atoms with E-state index in [1.54, 1.807) is 18.5 Å². The van der Waals surface area contributed by atoms with Crippen LogP contribution in [-0.4, -0.2) is 21.9 Å². The van der Waals surface area contributed by atoms with Gasteiger partial charge in [-0.3, -0.25) is 4.99 Å². The Kier molecular flexibility index (Phi) is 6.77. The fraction of sp³-hybridized carbons (Fsp3) is 0.200. The third-order valence-electron chi connectivity index (χ3n) is 1.16. The number of rotatable bonds is 3. The Morgan fingerprint density at radius 1 is 1.43 bits per heavy atom. The third kappa shape index (κ3) is 3.71. The summed E-state index contributed by atoms with van der Waals surface area (Å²) in [4.78, 5) is 11.7. The zero-order chi connectivity index (χ0) is 10.8. The molecule has 1 aromatic heterocycles. The molecule has 0 atom stereocenters. The summed E-state index contributed by atoms with van der Waals surface area (Å²) in [5.74, 6) is 0.437. The number of aliphatic imine (C=N–C) groups is 1. The van der Waals surface area contributed by atoms with E-state index in [2.05, 4.69) is 21.5 Å². The van der Waals surface area contributed by atoms with Crippen LogP contribution in [0.2, 0.25) is 0 Å². The zero-order valence-electron chi connectivity index (χ0n) is 8.44. The van der Waals surface area contributed by atoms with Gasteiger partial charge >= 0.3 is 0 Å². The zero-order valence-corrected chi connectivity index (χ0v) is 8.44. The summed E-state index contributed by atoms with van der Waals surface area (Å²) in [5, 5.41) is 7.02. The van der Waals surface area contributed by atoms with Crippen molar-refractivity contribution in [3.8, 4) is 0 Å². The summed E-state index contributed by atoms with van der Waals surface area (Å²) >= 11 is 0. The first-order valence-electron chi connectivity index (χ1n) is 4.35. The molecule has 0 unspecified atom stereocenters. The molecule has 74 valence electrons. The molecular weight excluding hydrogens is 176 g/mol. The van der Waals surface area contributed by atoms with E-state index in [9.17, 15) is 0 Å². The Labute approximate surface area is 84.0 Å². The predicted octanol–water partition coefficient (Wildman–Crippen LogP) is 2.08. The first-order chi connectivity index (χ1) is 6.88. The molecule has 0 aliphatic heterocycles. The van der Waals surface area contributed by atoms with Crippen LogP contribution in [0.3, 0.4) is 0 Å². The molecule has 0 fully saturated rings. The molecule has 1 aromatic rings. The van der Waals surface area contributed by atoms with Crippen molar-refractivity contribution in [1.29, 1.82) is 5.41 Å². The first kappa shape index (κ1) is 12.2. The van der Waals surface area contributed by atoms with Crippen molar-refractivity contribution in [2.75, 3.05) is 0 Å². The van der Waals surface area contributed by atoms with Crippen molar-refractivity contribution in [3.05, 3.63) is 37.1 Å². The van der Waals surface area contributed by atoms with Crippen molar-refractivity contribution in [3.63, 3.8) is 0 Å². The summed E-state index contributed by atoms with van der Waals surface area (Å²) in [5.41, 5.74) is 0.408. The van der Waals surface area contributed by atoms with E-state index in [1.807, 2.05) is 13.8 Å². The van der Waals surface area contributed by atoms with Gasteiger partial charge in [0.15, 0.2) is 5.82 Å². The highest BCUT2D eigenvalue weighted by atomic mass is 14.9. The summed E-state index contributed by atoms with van der Waals surface area (Å²) in [7, 11) is 0. The standard InChI is InChI=1S/C8H8N4.C2H6/c1-2-10-7(6-9)8-11-4-3-5-12-8;1-2/h2-6,9H,1H2;1-2H3. The molecule has 0 spiro atoms. The van der Waals surface area contributed by atoms with Crippen LogP contribution in [0.4, 0.5) is 0 Å². The predicted molar refractivity (Wildman–Crippen MR) is 58.9 cm³/mol. The molecule has 4 nitrogen and oxygen atoms in total. The molecule has 0 saturated carbocycles. The normalized spacial score (nSPS) is 9.71. The van der Waals surface area contributed by atoms with Crippen molar-refractivity contribution in [2.24, 2.45) is 4.99 Å². The number of nitrogens with zero attached hydrogens (tertiary/aromatic N) is 3. The molecule has 0 amide bonds. The average molecular weight is 190 g/mol. The highest BCUT2D eigenvalue weighted by Crippen LogP contribution is 1.90. The molecule has 14 heavy (non-hydrogen) atoms. The van der Waals surface area contributed by atoms with Crippen LogP contribution in [0.1, 0.15) is 19.7 Å². The average Bonchev–Trinajstić information content (AvgIpc) is 2.30. The minimum absolute atomic E-state index is 0.408. The van der Waals surface area contributed by atoms with Crippen LogP contribution in [0.15, 0.2) is 36.2 Å². The van der Waals surface area contributed by atoms with Crippen LogP contribution in [-0.2, 0) is 0 Å². The monoisotopic (exact) mass is 190 g/mol. The van der Waals surface area contributed by atoms with Gasteiger partial charge in [0.05, 0.1) is 0 Å². The van der Waals surface area contributed by atoms with E-state index in [0.717, 1.165) is 6.21 Å². The van der Waals surface area contributed by atoms with E-state index in [-0.39, 0.29) is 0 Å². The molecular formula is C10H14N4. The van der Waals surface area contributed by atoms with Gasteiger partial charge < -0.3 is 5.41 Å². The largest absolute Gasteiger partial charge is 0.306 e. The molecule has 0 aromatic carbocycles. The fourth-order valence-electron chi connectivity index (χ4n) is 0.689. The van der Waals surface area contributed by atoms with Gasteiger partial charge in [-0.05, 0) is 6.07 Å². The molecule has 0 aliphatic carbocycles. The molecule has 0 bridgehead atoms. The lowest BCUT2D eigenvalue weighted by Crippen LogP contribution is -2.06. The Morgan fingerprint density at radius 2 is 2.00 bits per heavy atom. The summed E-state index contributed by atoms with van der Waals surface area (Å²) in [6.07, 6.45) is 5.66. The van der Waals surface area contributed by atoms with Gasteiger partial charge in [0, 0.05) is 24.8 Å². The maximum absolute atomic E-state index is 7.02. The highest BCUT2D eigenvalue weighted by Gasteiger charge is 1.99. The van der Waals surface area contributed by atoms with Gasteiger partial charge in [-0.1, -0.05) is 20.4 Å². The van der Waals surface area contributed by atoms with Gasteiger partial charge in [0.2, 0.25) is 0 Å². The smallest absolute Gasteiger partial charge is 0.179 e. The Hall–Kier alpha value is -1.84. The molecule has 1 heterocycles. The topological polar surface area (TPSA) is 62.0 Å². The molecule has 0 saturated heterocycles. The van der Waals surface area contributed by atoms with Crippen LogP contribution in [0, 0.1) is 5.41 Å². The molecule has 1 N–H and O–H groups in total. The van der Waals surface area contributed by atoms with Crippen LogP contribution in [0.25, 0.3) is 0 Å². The minimum atomic E-state index is 0.408. The van der Waals surface area contributed by atoms with E-state index in [0.29, 0.717) is 11.5 Å². The lowest BCUT2D eigenvalue weighted by atomic mass is 10.4. The van der Waals surface area contributed by atoms with Gasteiger partial charge in [-0.15, -0.1) is 0 Å². The SMILES string of the molecule is C=CN=C(C=N)c1ncccn1.CC.